The topological polar surface area (TPSA) is 53.0 Å². The number of carbonyl (C=O) groups excluding carboxylic acids is 1. The molecule has 28 heavy (non-hydrogen) atoms. The van der Waals surface area contributed by atoms with Crippen LogP contribution in [-0.2, 0) is 16.1 Å². The maximum atomic E-state index is 12.5. The molecule has 5 aliphatic rings. The molecule has 2 saturated carbocycles. The van der Waals surface area contributed by atoms with Gasteiger partial charge in [-0.25, -0.2) is 0 Å². The first-order valence-electron chi connectivity index (χ1n) is 10.6. The average molecular weight is 401 g/mol. The molecule has 0 unspecified atom stereocenters. The molecule has 2 bridgehead atoms. The lowest BCUT2D eigenvalue weighted by Gasteiger charge is -2.49. The van der Waals surface area contributed by atoms with Gasteiger partial charge in [-0.15, -0.1) is 0 Å². The van der Waals surface area contributed by atoms with Gasteiger partial charge >= 0.3 is 5.97 Å². The van der Waals surface area contributed by atoms with Crippen molar-refractivity contribution >= 4 is 23.3 Å². The third kappa shape index (κ3) is 3.01. The fourth-order valence-corrected chi connectivity index (χ4v) is 6.17. The molecule has 1 aromatic rings. The number of aliphatic hydroxyl groups excluding tert-OH is 1. The third-order valence-electron chi connectivity index (χ3n) is 7.11. The lowest BCUT2D eigenvalue weighted by molar-refractivity contribution is -0.199. The van der Waals surface area contributed by atoms with Crippen LogP contribution in [0.25, 0.3) is 0 Å². The Hall–Kier alpha value is -1.66. The molecular weight excluding hydrogens is 372 g/mol. The minimum atomic E-state index is -0.598. The monoisotopic (exact) mass is 400 g/mol. The van der Waals surface area contributed by atoms with Crippen molar-refractivity contribution < 1.29 is 14.6 Å². The summed E-state index contributed by atoms with van der Waals surface area (Å²) in [6.45, 7) is 1.62. The summed E-state index contributed by atoms with van der Waals surface area (Å²) in [5, 5.41) is 11.4. The van der Waals surface area contributed by atoms with Gasteiger partial charge in [-0.05, 0) is 43.0 Å². The molecule has 3 saturated heterocycles. The number of aliphatic hydroxyl groups is 1. The van der Waals surface area contributed by atoms with Gasteiger partial charge in [0.05, 0.1) is 24.1 Å². The minimum absolute atomic E-state index is 0.0350. The Kier molecular flexibility index (Phi) is 4.79. The summed E-state index contributed by atoms with van der Waals surface area (Å²) in [5.74, 6) is 0.201. The Bertz CT molecular complexity index is 751. The van der Waals surface area contributed by atoms with E-state index in [0.29, 0.717) is 18.9 Å². The lowest BCUT2D eigenvalue weighted by Crippen LogP contribution is -2.66. The van der Waals surface area contributed by atoms with Crippen LogP contribution in [0.1, 0.15) is 44.1 Å². The van der Waals surface area contributed by atoms with Crippen molar-refractivity contribution in [2.45, 2.75) is 69.4 Å². The molecule has 5 atom stereocenters. The van der Waals surface area contributed by atoms with E-state index in [1.54, 1.807) is 0 Å². The highest BCUT2D eigenvalue weighted by Crippen LogP contribution is 2.45. The van der Waals surface area contributed by atoms with Crippen LogP contribution in [0.5, 0.6) is 0 Å². The fourth-order valence-electron chi connectivity index (χ4n) is 5.78. The van der Waals surface area contributed by atoms with Gasteiger partial charge in [0.15, 0.2) is 5.11 Å². The number of thiocarbonyl (C=S) groups is 1. The van der Waals surface area contributed by atoms with Crippen LogP contribution in [0.4, 0.5) is 0 Å². The summed E-state index contributed by atoms with van der Waals surface area (Å²) >= 11 is 5.96. The maximum absolute atomic E-state index is 12.5. The molecule has 6 rings (SSSR count). The van der Waals surface area contributed by atoms with E-state index in [-0.39, 0.29) is 24.0 Å². The van der Waals surface area contributed by atoms with Gasteiger partial charge in [-0.3, -0.25) is 4.79 Å². The van der Waals surface area contributed by atoms with Crippen LogP contribution in [0.15, 0.2) is 30.3 Å². The zero-order chi connectivity index (χ0) is 19.3. The van der Waals surface area contributed by atoms with Crippen molar-refractivity contribution in [1.82, 2.24) is 9.80 Å². The molecule has 0 aromatic heterocycles. The van der Waals surface area contributed by atoms with E-state index in [1.165, 1.54) is 37.7 Å². The number of ether oxygens (including phenoxy) is 1. The summed E-state index contributed by atoms with van der Waals surface area (Å²) in [6, 6.07) is 10.3. The van der Waals surface area contributed by atoms with E-state index in [4.69, 9.17) is 17.0 Å². The molecule has 0 spiro atoms. The molecule has 1 aromatic carbocycles. The third-order valence-corrected chi connectivity index (χ3v) is 7.58. The second-order valence-corrected chi connectivity index (χ2v) is 9.21. The number of fused-ring (bicyclic) bond motifs is 2. The van der Waals surface area contributed by atoms with Crippen LogP contribution >= 0.6 is 12.2 Å². The first kappa shape index (κ1) is 18.4. The highest BCUT2D eigenvalue weighted by Gasteiger charge is 2.62. The average Bonchev–Trinajstić information content (AvgIpc) is 2.98. The van der Waals surface area contributed by atoms with Crippen LogP contribution in [0.2, 0.25) is 0 Å². The molecule has 2 aliphatic carbocycles. The summed E-state index contributed by atoms with van der Waals surface area (Å²) in [7, 11) is 0. The number of hydrogen-bond acceptors (Lipinski definition) is 4. The minimum Gasteiger partial charge on any atom is -0.457 e. The van der Waals surface area contributed by atoms with E-state index in [9.17, 15) is 9.90 Å². The van der Waals surface area contributed by atoms with Gasteiger partial charge in [-0.2, -0.15) is 0 Å². The largest absolute Gasteiger partial charge is 0.457 e. The normalized spacial score (nSPS) is 35.2. The van der Waals surface area contributed by atoms with Crippen molar-refractivity contribution in [3.8, 4) is 0 Å². The Balaban J connectivity index is 1.46. The highest BCUT2D eigenvalue weighted by molar-refractivity contribution is 7.80. The van der Waals surface area contributed by atoms with Gasteiger partial charge < -0.3 is 19.6 Å². The van der Waals surface area contributed by atoms with Crippen molar-refractivity contribution in [2.75, 3.05) is 6.54 Å². The molecular formula is C22H28N2O3S. The molecule has 6 heteroatoms. The van der Waals surface area contributed by atoms with Crippen LogP contribution in [0.3, 0.4) is 0 Å². The quantitative estimate of drug-likeness (QED) is 0.620. The van der Waals surface area contributed by atoms with Crippen LogP contribution < -0.4 is 0 Å². The highest BCUT2D eigenvalue weighted by atomic mass is 32.1. The Morgan fingerprint density at radius 1 is 1.07 bits per heavy atom. The van der Waals surface area contributed by atoms with E-state index >= 15 is 0 Å². The summed E-state index contributed by atoms with van der Waals surface area (Å²) in [4.78, 5) is 17.1. The first-order valence-corrected chi connectivity index (χ1v) is 11.0. The molecule has 3 aliphatic heterocycles. The van der Waals surface area contributed by atoms with Crippen molar-refractivity contribution in [2.24, 2.45) is 11.8 Å². The molecule has 3 heterocycles. The smallest absolute Gasteiger partial charge is 0.311 e. The van der Waals surface area contributed by atoms with Gasteiger partial charge in [0.2, 0.25) is 0 Å². The Morgan fingerprint density at radius 3 is 2.57 bits per heavy atom. The van der Waals surface area contributed by atoms with Gasteiger partial charge in [0, 0.05) is 13.1 Å². The lowest BCUT2D eigenvalue weighted by atomic mass is 9.74. The molecule has 0 radical (unpaired) electrons. The molecule has 0 amide bonds. The Morgan fingerprint density at radius 2 is 1.82 bits per heavy atom. The number of esters is 1. The number of carbonyl (C=O) groups is 1. The van der Waals surface area contributed by atoms with E-state index in [0.717, 1.165) is 11.7 Å². The van der Waals surface area contributed by atoms with Gasteiger partial charge in [-0.1, -0.05) is 49.6 Å². The second-order valence-electron chi connectivity index (χ2n) is 8.84. The van der Waals surface area contributed by atoms with Crippen LogP contribution in [-0.4, -0.2) is 56.8 Å². The zero-order valence-corrected chi connectivity index (χ0v) is 16.9. The second kappa shape index (κ2) is 7.30. The molecule has 5 fully saturated rings. The molecule has 5 nitrogen and oxygen atoms in total. The van der Waals surface area contributed by atoms with E-state index < -0.39 is 12.2 Å². The summed E-state index contributed by atoms with van der Waals surface area (Å²) < 4.78 is 5.65. The standard InChI is InChI=1S/C22H28N2O3S/c25-17-11-16-18-19(20(17)27-21(16)26)24(13-15-9-5-2-6-10-15)22(28)23(18)12-14-7-3-1-4-8-14/h2,5-6,9-10,14,16-20,25H,1,3-4,7-8,11-13H2/t16-,17-,18-,19-,20+/m1/s1. The predicted octanol–water partition coefficient (Wildman–Crippen LogP) is 2.71. The van der Waals surface area contributed by atoms with Gasteiger partial charge in [0.1, 0.15) is 6.10 Å². The van der Waals surface area contributed by atoms with Crippen molar-refractivity contribution in [3.05, 3.63) is 35.9 Å². The van der Waals surface area contributed by atoms with E-state index in [1.807, 2.05) is 18.2 Å². The zero-order valence-electron chi connectivity index (χ0n) is 16.1. The number of benzene rings is 1. The molecule has 150 valence electrons. The van der Waals surface area contributed by atoms with Crippen molar-refractivity contribution in [3.63, 3.8) is 0 Å². The fraction of sp³-hybridized carbons (Fsp3) is 0.636. The predicted molar refractivity (Wildman–Crippen MR) is 109 cm³/mol. The summed E-state index contributed by atoms with van der Waals surface area (Å²) in [6.07, 6.45) is 5.82. The molecule has 1 N–H and O–H groups in total. The Labute approximate surface area is 171 Å². The van der Waals surface area contributed by atoms with Crippen LogP contribution in [0, 0.1) is 11.8 Å². The SMILES string of the molecule is O=C1O[C@@H]2[C@H]3[C@@H]([C@H]1C[C@H]2O)N(CC1CCCCC1)C(=S)N3Cc1ccccc1. The van der Waals surface area contributed by atoms with Crippen molar-refractivity contribution in [1.29, 1.82) is 0 Å². The first-order chi connectivity index (χ1) is 13.6. The maximum Gasteiger partial charge on any atom is 0.311 e. The number of rotatable bonds is 4. The number of nitrogens with zero attached hydrogens (tertiary/aromatic N) is 2. The van der Waals surface area contributed by atoms with Gasteiger partial charge in [0.25, 0.3) is 0 Å². The summed E-state index contributed by atoms with van der Waals surface area (Å²) in [5.41, 5.74) is 1.19. The van der Waals surface area contributed by atoms with E-state index in [2.05, 4.69) is 21.9 Å². The number of hydrogen-bond donors (Lipinski definition) is 1.